The third kappa shape index (κ3) is 5.95. The van der Waals surface area contributed by atoms with Crippen molar-refractivity contribution in [2.24, 2.45) is 0 Å². The second-order valence-corrected chi connectivity index (χ2v) is 13.9. The number of ether oxygens (including phenoxy) is 1. The fourth-order valence-corrected chi connectivity index (χ4v) is 10.8. The number of hydrogen-bond acceptors (Lipinski definition) is 3. The number of halogens is 1. The number of rotatable bonds is 9. The molecule has 1 atom stereocenters. The van der Waals surface area contributed by atoms with E-state index in [4.69, 9.17) is 4.74 Å². The number of aryl methyl sites for hydroxylation is 2. The van der Waals surface area contributed by atoms with Gasteiger partial charge in [-0.2, -0.15) is 0 Å². The zero-order chi connectivity index (χ0) is 23.1. The standard InChI is InChI=1S/C26H35FNO3P/c1-4-10-23(26(30)28-25-19(2)15-22(27)16-20(25)3)32(13-8-9-14-32)18-24(29)31-17-21-11-6-5-7-12-21/h5-7,11-12,15-16,23,32H,4,8-10,13-14,17-18H2,1-3H3,(H,28,30). The molecule has 1 heterocycles. The zero-order valence-corrected chi connectivity index (χ0v) is 20.4. The summed E-state index contributed by atoms with van der Waals surface area (Å²) in [6, 6.07) is 12.6. The van der Waals surface area contributed by atoms with Crippen molar-refractivity contribution in [3.63, 3.8) is 0 Å². The Morgan fingerprint density at radius 1 is 1.09 bits per heavy atom. The quantitative estimate of drug-likeness (QED) is 0.379. The first kappa shape index (κ1) is 24.4. The maximum absolute atomic E-state index is 13.7. The van der Waals surface area contributed by atoms with Crippen LogP contribution in [0.3, 0.4) is 0 Å². The first-order chi connectivity index (χ1) is 15.3. The van der Waals surface area contributed by atoms with E-state index >= 15 is 0 Å². The minimum atomic E-state index is -2.21. The van der Waals surface area contributed by atoms with E-state index < -0.39 is 7.26 Å². The van der Waals surface area contributed by atoms with E-state index in [0.717, 1.165) is 54.7 Å². The van der Waals surface area contributed by atoms with Gasteiger partial charge in [0.15, 0.2) is 0 Å². The number of amides is 1. The van der Waals surface area contributed by atoms with Crippen LogP contribution < -0.4 is 5.32 Å². The summed E-state index contributed by atoms with van der Waals surface area (Å²) in [5, 5.41) is 3.10. The molecule has 0 saturated carbocycles. The monoisotopic (exact) mass is 459 g/mol. The SMILES string of the molecule is CCCC(C(=O)Nc1c(C)cc(F)cc1C)[PH]1(CC(=O)OCc2ccccc2)CCCC1. The van der Waals surface area contributed by atoms with Crippen LogP contribution in [0.4, 0.5) is 10.1 Å². The molecule has 1 aliphatic heterocycles. The second kappa shape index (κ2) is 11.0. The summed E-state index contributed by atoms with van der Waals surface area (Å²) in [4.78, 5) is 26.4. The van der Waals surface area contributed by atoms with Crippen LogP contribution in [0.2, 0.25) is 0 Å². The number of carbonyl (C=O) groups excluding carboxylic acids is 2. The number of esters is 1. The van der Waals surface area contributed by atoms with Gasteiger partial charge in [0.25, 0.3) is 0 Å². The average Bonchev–Trinajstić information content (AvgIpc) is 3.22. The maximum atomic E-state index is 13.7. The predicted molar refractivity (Wildman–Crippen MR) is 132 cm³/mol. The van der Waals surface area contributed by atoms with Crippen LogP contribution in [-0.2, 0) is 20.9 Å². The van der Waals surface area contributed by atoms with Gasteiger partial charge in [0, 0.05) is 0 Å². The molecule has 0 aliphatic carbocycles. The Morgan fingerprint density at radius 3 is 2.31 bits per heavy atom. The molecule has 1 amide bonds. The molecule has 1 N–H and O–H groups in total. The van der Waals surface area contributed by atoms with Gasteiger partial charge in [0.1, 0.15) is 0 Å². The van der Waals surface area contributed by atoms with E-state index in [-0.39, 0.29) is 30.0 Å². The first-order valence-corrected chi connectivity index (χ1v) is 14.3. The Hall–Kier alpha value is -2.26. The molecule has 2 aromatic rings. The van der Waals surface area contributed by atoms with Crippen molar-refractivity contribution in [1.29, 1.82) is 0 Å². The number of nitrogens with one attached hydrogen (secondary N) is 1. The third-order valence-corrected chi connectivity index (χ3v) is 12.4. The van der Waals surface area contributed by atoms with Crippen molar-refractivity contribution in [2.75, 3.05) is 23.8 Å². The molecule has 2 aromatic carbocycles. The van der Waals surface area contributed by atoms with E-state index in [9.17, 15) is 14.0 Å². The molecular formula is C26H35FNO3P. The predicted octanol–water partition coefficient (Wildman–Crippen LogP) is 5.84. The Balaban J connectivity index is 1.76. The Bertz CT molecular complexity index is 918. The molecule has 1 fully saturated rings. The van der Waals surface area contributed by atoms with Crippen molar-refractivity contribution in [3.8, 4) is 0 Å². The molecule has 3 rings (SSSR count). The van der Waals surface area contributed by atoms with Gasteiger partial charge < -0.3 is 0 Å². The van der Waals surface area contributed by atoms with E-state index in [0.29, 0.717) is 11.8 Å². The number of anilines is 1. The first-order valence-electron chi connectivity index (χ1n) is 11.6. The topological polar surface area (TPSA) is 55.4 Å². The molecule has 1 unspecified atom stereocenters. The van der Waals surface area contributed by atoms with Crippen molar-refractivity contribution in [1.82, 2.24) is 0 Å². The minimum absolute atomic E-state index is 0.0194. The average molecular weight is 460 g/mol. The summed E-state index contributed by atoms with van der Waals surface area (Å²) in [5.74, 6) is -0.509. The summed E-state index contributed by atoms with van der Waals surface area (Å²) in [7, 11) is -2.21. The van der Waals surface area contributed by atoms with Crippen molar-refractivity contribution in [2.45, 2.75) is 58.7 Å². The van der Waals surface area contributed by atoms with Crippen LogP contribution in [0.15, 0.2) is 42.5 Å². The van der Waals surface area contributed by atoms with Crippen LogP contribution in [0.5, 0.6) is 0 Å². The van der Waals surface area contributed by atoms with E-state index in [1.165, 1.54) is 12.1 Å². The zero-order valence-electron chi connectivity index (χ0n) is 19.4. The summed E-state index contributed by atoms with van der Waals surface area (Å²) in [6.07, 6.45) is 6.14. The summed E-state index contributed by atoms with van der Waals surface area (Å²) in [5.41, 5.74) is 2.94. The fourth-order valence-electron chi connectivity index (χ4n) is 5.13. The summed E-state index contributed by atoms with van der Waals surface area (Å²) < 4.78 is 19.3. The van der Waals surface area contributed by atoms with Crippen LogP contribution in [-0.4, -0.2) is 36.0 Å². The molecule has 0 radical (unpaired) electrons. The van der Waals surface area contributed by atoms with Crippen molar-refractivity contribution in [3.05, 3.63) is 65.0 Å². The van der Waals surface area contributed by atoms with E-state index in [2.05, 4.69) is 12.2 Å². The molecule has 4 nitrogen and oxygen atoms in total. The van der Waals surface area contributed by atoms with Gasteiger partial charge in [-0.15, -0.1) is 0 Å². The molecular weight excluding hydrogens is 424 g/mol. The number of hydrogen-bond donors (Lipinski definition) is 1. The third-order valence-electron chi connectivity index (χ3n) is 6.72. The fraction of sp³-hybridized carbons (Fsp3) is 0.462. The van der Waals surface area contributed by atoms with Gasteiger partial charge in [0.2, 0.25) is 0 Å². The Morgan fingerprint density at radius 2 is 1.72 bits per heavy atom. The van der Waals surface area contributed by atoms with Crippen LogP contribution >= 0.6 is 7.26 Å². The normalized spacial score (nSPS) is 16.9. The van der Waals surface area contributed by atoms with Crippen LogP contribution in [0, 0.1) is 19.7 Å². The van der Waals surface area contributed by atoms with E-state index in [1.54, 1.807) is 0 Å². The Labute approximate surface area is 191 Å². The van der Waals surface area contributed by atoms with Gasteiger partial charge in [-0.1, -0.05) is 0 Å². The molecule has 1 aliphatic rings. The number of benzene rings is 2. The molecule has 6 heteroatoms. The van der Waals surface area contributed by atoms with Gasteiger partial charge in [0.05, 0.1) is 0 Å². The second-order valence-electron chi connectivity index (χ2n) is 9.14. The molecule has 0 aromatic heterocycles. The Kier molecular flexibility index (Phi) is 8.42. The summed E-state index contributed by atoms with van der Waals surface area (Å²) in [6.45, 7) is 5.97. The van der Waals surface area contributed by atoms with Crippen LogP contribution in [0.25, 0.3) is 0 Å². The van der Waals surface area contributed by atoms with Gasteiger partial charge in [-0.25, -0.2) is 0 Å². The summed E-state index contributed by atoms with van der Waals surface area (Å²) >= 11 is 0. The molecule has 174 valence electrons. The van der Waals surface area contributed by atoms with Crippen LogP contribution in [0.1, 0.15) is 49.3 Å². The number of carbonyl (C=O) groups is 2. The van der Waals surface area contributed by atoms with Gasteiger partial charge >= 0.3 is 191 Å². The van der Waals surface area contributed by atoms with Crippen molar-refractivity contribution < 1.29 is 18.7 Å². The molecule has 0 spiro atoms. The van der Waals surface area contributed by atoms with Crippen molar-refractivity contribution >= 4 is 24.8 Å². The van der Waals surface area contributed by atoms with E-state index in [1.807, 2.05) is 44.2 Å². The van der Waals surface area contributed by atoms with Gasteiger partial charge in [-0.3, -0.25) is 0 Å². The molecule has 0 bridgehead atoms. The molecule has 1 saturated heterocycles. The van der Waals surface area contributed by atoms with Gasteiger partial charge in [-0.05, 0) is 0 Å². The molecule has 32 heavy (non-hydrogen) atoms.